The largest absolute Gasteiger partial charge is 0.380 e. The molecule has 2 atom stereocenters. The van der Waals surface area contributed by atoms with Crippen molar-refractivity contribution in [2.24, 2.45) is 0 Å². The second-order valence-electron chi connectivity index (χ2n) is 4.56. The van der Waals surface area contributed by atoms with Crippen LogP contribution in [-0.2, 0) is 4.74 Å². The third kappa shape index (κ3) is 2.80. The minimum atomic E-state index is -0.171. The number of nitrogens with one attached hydrogen (secondary N) is 3. The van der Waals surface area contributed by atoms with Crippen LogP contribution < -0.4 is 11.0 Å². The predicted octanol–water partition coefficient (Wildman–Crippen LogP) is 1.54. The molecule has 0 fully saturated rings. The van der Waals surface area contributed by atoms with E-state index in [4.69, 9.17) is 4.74 Å². The average molecular weight is 249 g/mol. The van der Waals surface area contributed by atoms with Crippen molar-refractivity contribution in [1.29, 1.82) is 0 Å². The summed E-state index contributed by atoms with van der Waals surface area (Å²) in [5, 5.41) is 3.39. The molecule has 3 N–H and O–H groups in total. The van der Waals surface area contributed by atoms with Crippen LogP contribution >= 0.6 is 0 Å². The van der Waals surface area contributed by atoms with Gasteiger partial charge in [0.15, 0.2) is 0 Å². The Morgan fingerprint density at radius 2 is 2.00 bits per heavy atom. The quantitative estimate of drug-likeness (QED) is 0.753. The lowest BCUT2D eigenvalue weighted by atomic mass is 10.1. The topological polar surface area (TPSA) is 69.9 Å². The summed E-state index contributed by atoms with van der Waals surface area (Å²) in [5.41, 5.74) is 2.64. The van der Waals surface area contributed by atoms with Gasteiger partial charge in [-0.15, -0.1) is 0 Å². The Kier molecular flexibility index (Phi) is 3.84. The van der Waals surface area contributed by atoms with E-state index in [9.17, 15) is 4.79 Å². The smallest absolute Gasteiger partial charge is 0.323 e. The van der Waals surface area contributed by atoms with Gasteiger partial charge >= 0.3 is 5.69 Å². The molecule has 5 heteroatoms. The zero-order valence-electron chi connectivity index (χ0n) is 10.9. The van der Waals surface area contributed by atoms with E-state index < -0.39 is 0 Å². The minimum absolute atomic E-state index is 0.171. The van der Waals surface area contributed by atoms with Crippen molar-refractivity contribution < 1.29 is 4.74 Å². The van der Waals surface area contributed by atoms with Gasteiger partial charge in [-0.1, -0.05) is 6.07 Å². The van der Waals surface area contributed by atoms with Crippen LogP contribution in [0.2, 0.25) is 0 Å². The Hall–Kier alpha value is -1.59. The lowest BCUT2D eigenvalue weighted by Crippen LogP contribution is -2.28. The molecule has 0 saturated carbocycles. The molecule has 18 heavy (non-hydrogen) atoms. The van der Waals surface area contributed by atoms with Crippen LogP contribution in [0.25, 0.3) is 11.0 Å². The van der Waals surface area contributed by atoms with Crippen molar-refractivity contribution in [3.8, 4) is 0 Å². The molecule has 0 radical (unpaired) electrons. The van der Waals surface area contributed by atoms with Gasteiger partial charge in [-0.25, -0.2) is 4.79 Å². The van der Waals surface area contributed by atoms with Gasteiger partial charge in [-0.05, 0) is 31.5 Å². The zero-order chi connectivity index (χ0) is 13.1. The SMILES string of the molecule is COC(C)CNC(C)c1ccc2[nH]c(=O)[nH]c2c1. The Balaban J connectivity index is 2.12. The summed E-state index contributed by atoms with van der Waals surface area (Å²) in [5.74, 6) is 0. The molecule has 0 aliphatic heterocycles. The first-order valence-corrected chi connectivity index (χ1v) is 6.08. The van der Waals surface area contributed by atoms with Crippen LogP contribution in [0.3, 0.4) is 0 Å². The molecule has 0 aliphatic carbocycles. The average Bonchev–Trinajstić information content (AvgIpc) is 2.74. The van der Waals surface area contributed by atoms with E-state index in [0.29, 0.717) is 0 Å². The summed E-state index contributed by atoms with van der Waals surface area (Å²) in [6.07, 6.45) is 0.184. The molecule has 1 heterocycles. The van der Waals surface area contributed by atoms with Gasteiger partial charge in [0.1, 0.15) is 0 Å². The Bertz CT molecular complexity index is 573. The lowest BCUT2D eigenvalue weighted by molar-refractivity contribution is 0.115. The number of hydrogen-bond donors (Lipinski definition) is 3. The number of H-pyrrole nitrogens is 2. The van der Waals surface area contributed by atoms with E-state index in [1.807, 2.05) is 25.1 Å². The van der Waals surface area contributed by atoms with Gasteiger partial charge in [0.05, 0.1) is 17.1 Å². The highest BCUT2D eigenvalue weighted by Gasteiger charge is 2.08. The number of aromatic amines is 2. The minimum Gasteiger partial charge on any atom is -0.380 e. The van der Waals surface area contributed by atoms with Crippen LogP contribution in [0.1, 0.15) is 25.5 Å². The van der Waals surface area contributed by atoms with Crippen LogP contribution in [0.4, 0.5) is 0 Å². The molecule has 98 valence electrons. The maximum Gasteiger partial charge on any atom is 0.323 e. The summed E-state index contributed by atoms with van der Waals surface area (Å²) in [7, 11) is 1.70. The van der Waals surface area contributed by atoms with Crippen molar-refractivity contribution in [3.63, 3.8) is 0 Å². The Labute approximate surface area is 106 Å². The van der Waals surface area contributed by atoms with Gasteiger partial charge in [0.25, 0.3) is 0 Å². The van der Waals surface area contributed by atoms with E-state index in [1.54, 1.807) is 7.11 Å². The molecule has 2 aromatic rings. The maximum atomic E-state index is 11.2. The van der Waals surface area contributed by atoms with Gasteiger partial charge < -0.3 is 20.0 Å². The number of rotatable bonds is 5. The standard InChI is InChI=1S/C13H19N3O2/c1-8(18-3)7-14-9(2)10-4-5-11-12(6-10)16-13(17)15-11/h4-6,8-9,14H,7H2,1-3H3,(H2,15,16,17). The van der Waals surface area contributed by atoms with Crippen LogP contribution in [0, 0.1) is 0 Å². The molecule has 0 amide bonds. The number of hydrogen-bond acceptors (Lipinski definition) is 3. The number of fused-ring (bicyclic) bond motifs is 1. The summed E-state index contributed by atoms with van der Waals surface area (Å²) in [4.78, 5) is 16.7. The highest BCUT2D eigenvalue weighted by molar-refractivity contribution is 5.75. The Morgan fingerprint density at radius 3 is 2.72 bits per heavy atom. The molecule has 1 aromatic heterocycles. The van der Waals surface area contributed by atoms with Crippen molar-refractivity contribution in [2.75, 3.05) is 13.7 Å². The van der Waals surface area contributed by atoms with E-state index in [0.717, 1.165) is 23.1 Å². The van der Waals surface area contributed by atoms with E-state index in [1.165, 1.54) is 0 Å². The van der Waals surface area contributed by atoms with Crippen LogP contribution in [-0.4, -0.2) is 29.7 Å². The normalized spacial score (nSPS) is 14.8. The third-order valence-corrected chi connectivity index (χ3v) is 3.15. The maximum absolute atomic E-state index is 11.2. The number of ether oxygens (including phenoxy) is 1. The zero-order valence-corrected chi connectivity index (χ0v) is 10.9. The number of benzene rings is 1. The second kappa shape index (κ2) is 5.37. The fourth-order valence-electron chi connectivity index (χ4n) is 1.86. The molecular formula is C13H19N3O2. The van der Waals surface area contributed by atoms with E-state index in [-0.39, 0.29) is 17.8 Å². The molecule has 0 saturated heterocycles. The highest BCUT2D eigenvalue weighted by atomic mass is 16.5. The summed E-state index contributed by atoms with van der Waals surface area (Å²) >= 11 is 0. The predicted molar refractivity (Wildman–Crippen MR) is 71.8 cm³/mol. The fraction of sp³-hybridized carbons (Fsp3) is 0.462. The number of methoxy groups -OCH3 is 1. The van der Waals surface area contributed by atoms with Crippen molar-refractivity contribution >= 4 is 11.0 Å². The van der Waals surface area contributed by atoms with E-state index >= 15 is 0 Å². The molecule has 2 unspecified atom stereocenters. The number of imidazole rings is 1. The first-order valence-electron chi connectivity index (χ1n) is 6.08. The Morgan fingerprint density at radius 1 is 1.28 bits per heavy atom. The second-order valence-corrected chi connectivity index (χ2v) is 4.56. The molecule has 1 aromatic carbocycles. The highest BCUT2D eigenvalue weighted by Crippen LogP contribution is 2.16. The van der Waals surface area contributed by atoms with Crippen LogP contribution in [0.5, 0.6) is 0 Å². The summed E-state index contributed by atoms with van der Waals surface area (Å²) < 4.78 is 5.20. The van der Waals surface area contributed by atoms with Gasteiger partial charge in [-0.2, -0.15) is 0 Å². The first-order chi connectivity index (χ1) is 8.60. The van der Waals surface area contributed by atoms with Gasteiger partial charge in [0, 0.05) is 19.7 Å². The molecule has 5 nitrogen and oxygen atoms in total. The van der Waals surface area contributed by atoms with Crippen molar-refractivity contribution in [3.05, 3.63) is 34.2 Å². The fourth-order valence-corrected chi connectivity index (χ4v) is 1.86. The molecule has 0 spiro atoms. The monoisotopic (exact) mass is 249 g/mol. The van der Waals surface area contributed by atoms with Gasteiger partial charge in [0.2, 0.25) is 0 Å². The van der Waals surface area contributed by atoms with Crippen molar-refractivity contribution in [2.45, 2.75) is 26.0 Å². The number of aromatic nitrogens is 2. The molecule has 0 aliphatic rings. The molecule has 0 bridgehead atoms. The van der Waals surface area contributed by atoms with Gasteiger partial charge in [-0.3, -0.25) is 0 Å². The molecule has 2 rings (SSSR count). The molecular weight excluding hydrogens is 230 g/mol. The summed E-state index contributed by atoms with van der Waals surface area (Å²) in [6.45, 7) is 4.90. The van der Waals surface area contributed by atoms with E-state index in [2.05, 4.69) is 22.2 Å². The summed E-state index contributed by atoms with van der Waals surface area (Å²) in [6, 6.07) is 6.13. The third-order valence-electron chi connectivity index (χ3n) is 3.15. The lowest BCUT2D eigenvalue weighted by Gasteiger charge is -2.17. The van der Waals surface area contributed by atoms with Crippen molar-refractivity contribution in [1.82, 2.24) is 15.3 Å². The van der Waals surface area contributed by atoms with Crippen LogP contribution in [0.15, 0.2) is 23.0 Å². The first kappa shape index (κ1) is 12.9.